The van der Waals surface area contributed by atoms with Crippen molar-refractivity contribution >= 4 is 11.6 Å². The van der Waals surface area contributed by atoms with Crippen LogP contribution in [0.1, 0.15) is 46.0 Å². The van der Waals surface area contributed by atoms with Crippen LogP contribution >= 0.6 is 0 Å². The molecule has 7 atom stereocenters. The summed E-state index contributed by atoms with van der Waals surface area (Å²) in [6, 6.07) is 0. The fraction of sp³-hybridized carbons (Fsp3) is 0.700. The van der Waals surface area contributed by atoms with Crippen molar-refractivity contribution in [3.8, 4) is 0 Å². The summed E-state index contributed by atoms with van der Waals surface area (Å²) >= 11 is 0. The van der Waals surface area contributed by atoms with Gasteiger partial charge in [-0.05, 0) is 66.4 Å². The Hall–Kier alpha value is -1.18. The monoisotopic (exact) mass is 296 g/mol. The summed E-state index contributed by atoms with van der Waals surface area (Å²) in [4.78, 5) is 24.5. The van der Waals surface area contributed by atoms with Gasteiger partial charge in [0.2, 0.25) is 0 Å². The average Bonchev–Trinajstić information content (AvgIpc) is 3.22. The van der Waals surface area contributed by atoms with E-state index in [0.717, 1.165) is 25.7 Å². The van der Waals surface area contributed by atoms with Crippen molar-refractivity contribution in [3.63, 3.8) is 0 Å². The van der Waals surface area contributed by atoms with E-state index in [1.54, 1.807) is 0 Å². The molecule has 22 heavy (non-hydrogen) atoms. The molecular weight excluding hydrogens is 272 g/mol. The van der Waals surface area contributed by atoms with Gasteiger partial charge in [0, 0.05) is 17.8 Å². The molecule has 7 unspecified atom stereocenters. The molecule has 0 spiro atoms. The first-order valence-electron chi connectivity index (χ1n) is 8.93. The molecule has 3 saturated carbocycles. The van der Waals surface area contributed by atoms with Crippen molar-refractivity contribution in [3.05, 3.63) is 23.8 Å². The summed E-state index contributed by atoms with van der Waals surface area (Å²) in [5, 5.41) is 0. The largest absolute Gasteiger partial charge is 0.299 e. The third kappa shape index (κ3) is 1.38. The predicted octanol–water partition coefficient (Wildman–Crippen LogP) is 3.72. The molecule has 0 aromatic rings. The molecule has 0 aromatic carbocycles. The fourth-order valence-corrected chi connectivity index (χ4v) is 6.66. The topological polar surface area (TPSA) is 34.1 Å². The normalized spacial score (nSPS) is 55.0. The van der Waals surface area contributed by atoms with E-state index in [0.29, 0.717) is 41.8 Å². The first-order chi connectivity index (χ1) is 10.4. The van der Waals surface area contributed by atoms with Crippen LogP contribution in [0.25, 0.3) is 0 Å². The van der Waals surface area contributed by atoms with Gasteiger partial charge < -0.3 is 0 Å². The van der Waals surface area contributed by atoms with Crippen LogP contribution in [0.4, 0.5) is 0 Å². The summed E-state index contributed by atoms with van der Waals surface area (Å²) in [6.07, 6.45) is 11.5. The van der Waals surface area contributed by atoms with Crippen molar-refractivity contribution in [1.82, 2.24) is 0 Å². The second-order valence-corrected chi connectivity index (χ2v) is 8.88. The Morgan fingerprint density at radius 3 is 2.77 bits per heavy atom. The molecule has 5 aliphatic rings. The van der Waals surface area contributed by atoms with Gasteiger partial charge in [-0.25, -0.2) is 0 Å². The van der Waals surface area contributed by atoms with E-state index >= 15 is 0 Å². The number of hydrogen-bond acceptors (Lipinski definition) is 2. The Labute approximate surface area is 132 Å². The van der Waals surface area contributed by atoms with Gasteiger partial charge in [0.1, 0.15) is 5.78 Å². The third-order valence-electron chi connectivity index (χ3n) is 7.97. The van der Waals surface area contributed by atoms with Crippen LogP contribution in [-0.4, -0.2) is 11.6 Å². The zero-order valence-electron chi connectivity index (χ0n) is 13.5. The maximum absolute atomic E-state index is 12.7. The van der Waals surface area contributed by atoms with E-state index in [9.17, 15) is 9.59 Å². The molecular formula is C20H24O2. The minimum atomic E-state index is -0.0544. The van der Waals surface area contributed by atoms with Gasteiger partial charge in [-0.15, -0.1) is 0 Å². The number of hydrogen-bond donors (Lipinski definition) is 0. The number of allylic oxidation sites excluding steroid dienone is 4. The maximum atomic E-state index is 12.7. The average molecular weight is 296 g/mol. The first-order valence-corrected chi connectivity index (χ1v) is 8.93. The predicted molar refractivity (Wildman–Crippen MR) is 84.0 cm³/mol. The lowest BCUT2D eigenvalue weighted by Gasteiger charge is -2.55. The van der Waals surface area contributed by atoms with Crippen molar-refractivity contribution in [2.75, 3.05) is 0 Å². The number of carbonyl (C=O) groups is 2. The quantitative estimate of drug-likeness (QED) is 0.683. The minimum Gasteiger partial charge on any atom is -0.299 e. The van der Waals surface area contributed by atoms with Crippen LogP contribution in [0, 0.1) is 40.4 Å². The summed E-state index contributed by atoms with van der Waals surface area (Å²) in [5.41, 5.74) is 1.36. The summed E-state index contributed by atoms with van der Waals surface area (Å²) < 4.78 is 0. The molecule has 0 amide bonds. The van der Waals surface area contributed by atoms with Gasteiger partial charge in [0.05, 0.1) is 0 Å². The van der Waals surface area contributed by atoms with Crippen molar-refractivity contribution in [2.45, 2.75) is 46.0 Å². The van der Waals surface area contributed by atoms with Gasteiger partial charge in [0.25, 0.3) is 0 Å². The molecule has 0 aliphatic heterocycles. The Bertz CT molecular complexity index is 657. The van der Waals surface area contributed by atoms with Gasteiger partial charge in [-0.1, -0.05) is 26.0 Å². The van der Waals surface area contributed by atoms with Crippen LogP contribution in [0.2, 0.25) is 0 Å². The minimum absolute atomic E-state index is 0.0544. The Morgan fingerprint density at radius 1 is 1.14 bits per heavy atom. The fourth-order valence-electron chi connectivity index (χ4n) is 6.66. The van der Waals surface area contributed by atoms with Crippen molar-refractivity contribution in [2.24, 2.45) is 40.4 Å². The second-order valence-electron chi connectivity index (χ2n) is 8.88. The number of Topliss-reactive ketones (excluding diaryl/α,β-unsaturated/α-hetero) is 1. The molecule has 0 aromatic heterocycles. The second kappa shape index (κ2) is 3.83. The molecule has 2 nitrogen and oxygen atoms in total. The Balaban J connectivity index is 1.60. The van der Waals surface area contributed by atoms with Crippen molar-refractivity contribution in [1.29, 1.82) is 0 Å². The standard InChI is InChI=1S/C20H24O2/c1-19-7-5-12(21)9-11(19)3-4-13-16(19)6-8-20(2)17(13)14-10-15(14)18(20)22/h3-4,9,13-17H,5-8,10H2,1-2H3. The lowest BCUT2D eigenvalue weighted by atomic mass is 9.48. The first kappa shape index (κ1) is 13.3. The van der Waals surface area contributed by atoms with E-state index in [4.69, 9.17) is 0 Å². The highest BCUT2D eigenvalue weighted by atomic mass is 16.1. The maximum Gasteiger partial charge on any atom is 0.156 e. The lowest BCUT2D eigenvalue weighted by molar-refractivity contribution is -0.133. The number of fused-ring (bicyclic) bond motifs is 7. The molecule has 5 aliphatic carbocycles. The van der Waals surface area contributed by atoms with E-state index in [1.807, 2.05) is 6.08 Å². The number of ketones is 2. The molecule has 3 fully saturated rings. The smallest absolute Gasteiger partial charge is 0.156 e. The highest BCUT2D eigenvalue weighted by Crippen LogP contribution is 2.70. The van der Waals surface area contributed by atoms with E-state index in [-0.39, 0.29) is 16.6 Å². The van der Waals surface area contributed by atoms with Gasteiger partial charge in [-0.3, -0.25) is 9.59 Å². The number of rotatable bonds is 0. The molecule has 0 bridgehead atoms. The molecule has 5 rings (SSSR count). The number of carbonyl (C=O) groups excluding carboxylic acids is 2. The zero-order valence-corrected chi connectivity index (χ0v) is 13.5. The van der Waals surface area contributed by atoms with Crippen LogP contribution in [0.3, 0.4) is 0 Å². The Morgan fingerprint density at radius 2 is 1.95 bits per heavy atom. The van der Waals surface area contributed by atoms with E-state index in [1.165, 1.54) is 5.57 Å². The zero-order chi connectivity index (χ0) is 15.3. The van der Waals surface area contributed by atoms with Gasteiger partial charge in [0.15, 0.2) is 5.78 Å². The summed E-state index contributed by atoms with van der Waals surface area (Å²) in [5.74, 6) is 3.65. The summed E-state index contributed by atoms with van der Waals surface area (Å²) in [7, 11) is 0. The Kier molecular flexibility index (Phi) is 2.31. The summed E-state index contributed by atoms with van der Waals surface area (Å²) in [6.45, 7) is 4.62. The molecule has 0 radical (unpaired) electrons. The van der Waals surface area contributed by atoms with Crippen LogP contribution in [-0.2, 0) is 9.59 Å². The SMILES string of the molecule is CC12CCC(=O)C=C1C=CC1C2CCC2(C)C(=O)C3CC3C12. The van der Waals surface area contributed by atoms with E-state index in [2.05, 4.69) is 26.0 Å². The lowest BCUT2D eigenvalue weighted by Crippen LogP contribution is -2.50. The van der Waals surface area contributed by atoms with Gasteiger partial charge in [-0.2, -0.15) is 0 Å². The molecule has 0 heterocycles. The van der Waals surface area contributed by atoms with Gasteiger partial charge >= 0.3 is 0 Å². The van der Waals surface area contributed by atoms with Crippen molar-refractivity contribution < 1.29 is 9.59 Å². The van der Waals surface area contributed by atoms with Crippen LogP contribution in [0.5, 0.6) is 0 Å². The van der Waals surface area contributed by atoms with E-state index < -0.39 is 0 Å². The highest BCUT2D eigenvalue weighted by molar-refractivity contribution is 5.93. The molecule has 116 valence electrons. The van der Waals surface area contributed by atoms with Crippen LogP contribution < -0.4 is 0 Å². The molecule has 0 N–H and O–H groups in total. The third-order valence-corrected chi connectivity index (χ3v) is 7.97. The van der Waals surface area contributed by atoms with Crippen LogP contribution in [0.15, 0.2) is 23.8 Å². The highest BCUT2D eigenvalue weighted by Gasteiger charge is 2.69. The molecule has 2 heteroatoms. The molecule has 0 saturated heterocycles.